The number of benzene rings is 2. The molecule has 0 atom stereocenters. The molecule has 3 aromatic rings. The van der Waals surface area contributed by atoms with E-state index < -0.39 is 11.7 Å². The number of halogens is 3. The molecule has 3 rings (SSSR count). The van der Waals surface area contributed by atoms with Crippen molar-refractivity contribution in [1.82, 2.24) is 10.3 Å². The third kappa shape index (κ3) is 5.35. The highest BCUT2D eigenvalue weighted by Gasteiger charge is 2.20. The summed E-state index contributed by atoms with van der Waals surface area (Å²) in [7, 11) is 0. The highest BCUT2D eigenvalue weighted by atomic mass is 79.9. The maximum absolute atomic E-state index is 13.4. The fourth-order valence-corrected chi connectivity index (χ4v) is 2.79. The Morgan fingerprint density at radius 1 is 1.17 bits per heavy atom. The molecule has 29 heavy (non-hydrogen) atoms. The lowest BCUT2D eigenvalue weighted by Crippen LogP contribution is -2.19. The fraction of sp³-hybridized carbons (Fsp3) is 0.111. The minimum atomic E-state index is -0.465. The van der Waals surface area contributed by atoms with Crippen LogP contribution < -0.4 is 10.6 Å². The molecule has 0 spiro atoms. The molecular formula is C18H14BrF2N5O3. The Morgan fingerprint density at radius 3 is 2.72 bits per heavy atom. The molecule has 1 heterocycles. The van der Waals surface area contributed by atoms with Crippen molar-refractivity contribution in [2.24, 2.45) is 5.16 Å². The summed E-state index contributed by atoms with van der Waals surface area (Å²) in [6.45, 7) is 0. The molecule has 2 aromatic carbocycles. The van der Waals surface area contributed by atoms with E-state index in [2.05, 4.69) is 46.7 Å². The van der Waals surface area contributed by atoms with Crippen LogP contribution in [0, 0.1) is 11.6 Å². The number of amides is 1. The van der Waals surface area contributed by atoms with Gasteiger partial charge in [0.05, 0.1) is 4.47 Å². The van der Waals surface area contributed by atoms with Crippen LogP contribution in [-0.4, -0.2) is 27.3 Å². The molecule has 3 N–H and O–H groups in total. The van der Waals surface area contributed by atoms with E-state index in [0.717, 1.165) is 0 Å². The first-order valence-corrected chi connectivity index (χ1v) is 9.07. The van der Waals surface area contributed by atoms with Crippen LogP contribution in [0.15, 0.2) is 56.7 Å². The molecule has 150 valence electrons. The van der Waals surface area contributed by atoms with E-state index in [1.54, 1.807) is 12.1 Å². The van der Waals surface area contributed by atoms with Gasteiger partial charge in [-0.15, -0.1) is 0 Å². The van der Waals surface area contributed by atoms with E-state index in [-0.39, 0.29) is 34.1 Å². The molecule has 0 radical (unpaired) electrons. The van der Waals surface area contributed by atoms with Crippen molar-refractivity contribution in [3.8, 4) is 0 Å². The van der Waals surface area contributed by atoms with Crippen LogP contribution in [0.4, 0.5) is 20.3 Å². The first-order chi connectivity index (χ1) is 14.0. The Hall–Kier alpha value is -3.34. The van der Waals surface area contributed by atoms with Crippen LogP contribution >= 0.6 is 15.9 Å². The summed E-state index contributed by atoms with van der Waals surface area (Å²) in [6.07, 6.45) is 0.368. The number of anilines is 2. The van der Waals surface area contributed by atoms with Crippen molar-refractivity contribution in [2.75, 3.05) is 10.6 Å². The molecule has 0 aliphatic heterocycles. The number of rotatable bonds is 6. The molecule has 0 unspecified atom stereocenters. The van der Waals surface area contributed by atoms with Crippen molar-refractivity contribution in [1.29, 1.82) is 0 Å². The van der Waals surface area contributed by atoms with Crippen molar-refractivity contribution < 1.29 is 23.4 Å². The number of aromatic nitrogens is 2. The topological polar surface area (TPSA) is 113 Å². The maximum atomic E-state index is 13.4. The summed E-state index contributed by atoms with van der Waals surface area (Å²) in [5.41, 5.74) is 0.990. The van der Waals surface area contributed by atoms with E-state index in [1.165, 1.54) is 30.3 Å². The van der Waals surface area contributed by atoms with Crippen molar-refractivity contribution >= 4 is 39.2 Å². The zero-order valence-electron chi connectivity index (χ0n) is 14.7. The van der Waals surface area contributed by atoms with Crippen LogP contribution in [0.1, 0.15) is 17.7 Å². The fourth-order valence-electron chi connectivity index (χ4n) is 2.41. The summed E-state index contributed by atoms with van der Waals surface area (Å²) < 4.78 is 31.4. The van der Waals surface area contributed by atoms with Gasteiger partial charge in [-0.25, -0.2) is 13.4 Å². The van der Waals surface area contributed by atoms with Gasteiger partial charge in [0, 0.05) is 12.1 Å². The number of nitrogens with zero attached hydrogens (tertiary/aromatic N) is 3. The van der Waals surface area contributed by atoms with Gasteiger partial charge in [0.1, 0.15) is 11.6 Å². The molecule has 0 aliphatic carbocycles. The molecule has 0 saturated carbocycles. The molecule has 0 saturated heterocycles. The van der Waals surface area contributed by atoms with Crippen LogP contribution in [0.3, 0.4) is 0 Å². The molecule has 0 aliphatic rings. The lowest BCUT2D eigenvalue weighted by atomic mass is 10.1. The first kappa shape index (κ1) is 20.4. The van der Waals surface area contributed by atoms with Crippen LogP contribution in [0.5, 0.6) is 0 Å². The Balaban J connectivity index is 1.67. The number of hydrogen-bond acceptors (Lipinski definition) is 6. The molecule has 1 amide bonds. The highest BCUT2D eigenvalue weighted by molar-refractivity contribution is 9.10. The Labute approximate surface area is 171 Å². The van der Waals surface area contributed by atoms with E-state index >= 15 is 0 Å². The zero-order valence-corrected chi connectivity index (χ0v) is 16.3. The van der Waals surface area contributed by atoms with Crippen LogP contribution in [0.25, 0.3) is 0 Å². The van der Waals surface area contributed by atoms with Gasteiger partial charge in [-0.1, -0.05) is 17.3 Å². The minimum absolute atomic E-state index is 0.0552. The molecule has 0 fully saturated rings. The van der Waals surface area contributed by atoms with Gasteiger partial charge in [0.2, 0.25) is 17.6 Å². The maximum Gasteiger partial charge on any atom is 0.226 e. The first-order valence-electron chi connectivity index (χ1n) is 8.27. The number of nitrogens with one attached hydrogen (secondary N) is 2. The normalized spacial score (nSPS) is 11.3. The predicted octanol–water partition coefficient (Wildman–Crippen LogP) is 3.93. The van der Waals surface area contributed by atoms with Gasteiger partial charge in [-0.05, 0) is 68.6 Å². The quantitative estimate of drug-likeness (QED) is 0.220. The average Bonchev–Trinajstić information content (AvgIpc) is 3.15. The Morgan fingerprint density at radius 2 is 2.00 bits per heavy atom. The molecule has 0 bridgehead atoms. The van der Waals surface area contributed by atoms with Crippen molar-refractivity contribution in [3.63, 3.8) is 0 Å². The minimum Gasteiger partial charge on any atom is -0.409 e. The monoisotopic (exact) mass is 465 g/mol. The molecular weight excluding hydrogens is 452 g/mol. The Kier molecular flexibility index (Phi) is 6.50. The average molecular weight is 466 g/mol. The molecule has 11 heteroatoms. The van der Waals surface area contributed by atoms with Crippen LogP contribution in [-0.2, 0) is 11.2 Å². The Bertz CT molecular complexity index is 1060. The summed E-state index contributed by atoms with van der Waals surface area (Å²) in [5, 5.41) is 24.8. The summed E-state index contributed by atoms with van der Waals surface area (Å²) in [5.74, 6) is -1.52. The SMILES string of the molecule is O=C(CCc1cccc(F)c1)Nc1nonc1/C(=N\O)Nc1ccc(F)c(Br)c1. The van der Waals surface area contributed by atoms with Crippen molar-refractivity contribution in [2.45, 2.75) is 12.8 Å². The predicted molar refractivity (Wildman–Crippen MR) is 104 cm³/mol. The van der Waals surface area contributed by atoms with E-state index in [9.17, 15) is 18.8 Å². The largest absolute Gasteiger partial charge is 0.409 e. The van der Waals surface area contributed by atoms with Crippen LogP contribution in [0.2, 0.25) is 0 Å². The second-order valence-electron chi connectivity index (χ2n) is 5.84. The summed E-state index contributed by atoms with van der Waals surface area (Å²) in [6, 6.07) is 9.97. The number of oxime groups is 1. The highest BCUT2D eigenvalue weighted by Crippen LogP contribution is 2.21. The van der Waals surface area contributed by atoms with Crippen molar-refractivity contribution in [3.05, 3.63) is 69.8 Å². The van der Waals surface area contributed by atoms with E-state index in [1.807, 2.05) is 0 Å². The third-order valence-electron chi connectivity index (χ3n) is 3.78. The summed E-state index contributed by atoms with van der Waals surface area (Å²) in [4.78, 5) is 12.2. The smallest absolute Gasteiger partial charge is 0.226 e. The number of aryl methyl sites for hydroxylation is 1. The molecule has 8 nitrogen and oxygen atoms in total. The third-order valence-corrected chi connectivity index (χ3v) is 4.39. The van der Waals surface area contributed by atoms with Gasteiger partial charge >= 0.3 is 0 Å². The van der Waals surface area contributed by atoms with E-state index in [0.29, 0.717) is 17.7 Å². The summed E-state index contributed by atoms with van der Waals surface area (Å²) >= 11 is 3.05. The second-order valence-corrected chi connectivity index (χ2v) is 6.70. The second kappa shape index (κ2) is 9.24. The van der Waals surface area contributed by atoms with Gasteiger partial charge in [0.25, 0.3) is 0 Å². The number of amidine groups is 1. The van der Waals surface area contributed by atoms with Gasteiger partial charge in [-0.3, -0.25) is 4.79 Å². The zero-order chi connectivity index (χ0) is 20.8. The van der Waals surface area contributed by atoms with Gasteiger partial charge in [0.15, 0.2) is 5.69 Å². The lowest BCUT2D eigenvalue weighted by Gasteiger charge is -2.08. The number of carbonyl (C=O) groups is 1. The van der Waals surface area contributed by atoms with Gasteiger partial charge < -0.3 is 15.8 Å². The standard InChI is InChI=1S/C18H14BrF2N5O3/c19-13-9-12(5-6-14(13)21)22-17(24-28)16-18(26-29-25-16)23-15(27)7-4-10-2-1-3-11(20)8-10/h1-3,5-6,8-9,28H,4,7H2,(H,22,24)(H,23,26,27). The van der Waals surface area contributed by atoms with Gasteiger partial charge in [-0.2, -0.15) is 0 Å². The number of carbonyl (C=O) groups excluding carboxylic acids is 1. The van der Waals surface area contributed by atoms with E-state index in [4.69, 9.17) is 0 Å². The number of hydrogen-bond donors (Lipinski definition) is 3. The lowest BCUT2D eigenvalue weighted by molar-refractivity contribution is -0.116. The molecule has 1 aromatic heterocycles.